The van der Waals surface area contributed by atoms with Crippen molar-refractivity contribution in [2.75, 3.05) is 29.7 Å². The lowest BCUT2D eigenvalue weighted by Gasteiger charge is -2.10. The van der Waals surface area contributed by atoms with Crippen molar-refractivity contribution in [1.82, 2.24) is 0 Å². The number of methoxy groups -OCH3 is 1. The molecule has 0 saturated heterocycles. The van der Waals surface area contributed by atoms with E-state index in [4.69, 9.17) is 5.73 Å². The summed E-state index contributed by atoms with van der Waals surface area (Å²) in [5.74, 6) is 0.789. The number of ether oxygens (including phenoxy) is 1. The highest BCUT2D eigenvalue weighted by Crippen LogP contribution is 2.20. The van der Waals surface area contributed by atoms with Gasteiger partial charge in [0.1, 0.15) is 0 Å². The summed E-state index contributed by atoms with van der Waals surface area (Å²) in [6, 6.07) is 5.44. The third kappa shape index (κ3) is 5.52. The smallest absolute Gasteiger partial charge is 0.315 e. The first kappa shape index (κ1) is 16.4. The molecule has 0 radical (unpaired) electrons. The molecule has 0 fully saturated rings. The van der Waals surface area contributed by atoms with Gasteiger partial charge in [-0.05, 0) is 36.8 Å². The fourth-order valence-corrected chi connectivity index (χ4v) is 2.33. The van der Waals surface area contributed by atoms with Crippen molar-refractivity contribution in [2.45, 2.75) is 19.8 Å². The number of benzene rings is 1. The van der Waals surface area contributed by atoms with Gasteiger partial charge in [0.25, 0.3) is 0 Å². The minimum absolute atomic E-state index is 0.0441. The Bertz CT molecular complexity index is 477. The van der Waals surface area contributed by atoms with E-state index in [0.717, 1.165) is 23.4 Å². The molecule has 0 bridgehead atoms. The van der Waals surface area contributed by atoms with Gasteiger partial charge in [-0.25, -0.2) is 0 Å². The summed E-state index contributed by atoms with van der Waals surface area (Å²) in [7, 11) is 1.37. The maximum absolute atomic E-state index is 11.8. The first-order valence-electron chi connectivity index (χ1n) is 6.34. The summed E-state index contributed by atoms with van der Waals surface area (Å²) < 4.78 is 4.53. The number of carbonyl (C=O) groups excluding carboxylic acids is 2. The molecule has 1 aromatic rings. The highest BCUT2D eigenvalue weighted by molar-refractivity contribution is 7.99. The lowest BCUT2D eigenvalue weighted by Crippen LogP contribution is -2.13. The summed E-state index contributed by atoms with van der Waals surface area (Å²) in [4.78, 5) is 22.7. The Morgan fingerprint density at radius 3 is 2.85 bits per heavy atom. The molecule has 3 N–H and O–H groups in total. The van der Waals surface area contributed by atoms with Gasteiger partial charge in [0, 0.05) is 17.8 Å². The van der Waals surface area contributed by atoms with E-state index < -0.39 is 0 Å². The van der Waals surface area contributed by atoms with Gasteiger partial charge in [0.2, 0.25) is 5.91 Å². The van der Waals surface area contributed by atoms with E-state index in [1.54, 1.807) is 6.07 Å². The number of nitrogen functional groups attached to an aromatic ring is 1. The number of hydrogen-bond donors (Lipinski definition) is 2. The zero-order valence-electron chi connectivity index (χ0n) is 11.8. The lowest BCUT2D eigenvalue weighted by atomic mass is 10.1. The Morgan fingerprint density at radius 2 is 2.15 bits per heavy atom. The second kappa shape index (κ2) is 8.47. The van der Waals surface area contributed by atoms with Crippen LogP contribution in [0.15, 0.2) is 18.2 Å². The molecular formula is C14H20N2O3S. The summed E-state index contributed by atoms with van der Waals surface area (Å²) in [5, 5.41) is 2.84. The summed E-state index contributed by atoms with van der Waals surface area (Å²) in [6.45, 7) is 1.87. The van der Waals surface area contributed by atoms with E-state index in [0.29, 0.717) is 17.9 Å². The summed E-state index contributed by atoms with van der Waals surface area (Å²) in [6.07, 6.45) is 1.14. The Kier molecular flexibility index (Phi) is 6.93. The van der Waals surface area contributed by atoms with Crippen LogP contribution in [0.3, 0.4) is 0 Å². The number of thioether (sulfide) groups is 1. The monoisotopic (exact) mass is 296 g/mol. The molecule has 110 valence electrons. The second-order valence-electron chi connectivity index (χ2n) is 4.30. The van der Waals surface area contributed by atoms with Crippen LogP contribution >= 0.6 is 11.8 Å². The van der Waals surface area contributed by atoms with Gasteiger partial charge in [0.05, 0.1) is 12.9 Å². The molecule has 0 heterocycles. The van der Waals surface area contributed by atoms with Crippen molar-refractivity contribution in [1.29, 1.82) is 0 Å². The van der Waals surface area contributed by atoms with Crippen LogP contribution in [0.1, 0.15) is 18.4 Å². The molecule has 0 saturated carbocycles. The fraction of sp³-hybridized carbons (Fsp3) is 0.429. The van der Waals surface area contributed by atoms with Gasteiger partial charge in [-0.2, -0.15) is 11.8 Å². The minimum Gasteiger partial charge on any atom is -0.468 e. The third-order valence-corrected chi connectivity index (χ3v) is 3.81. The van der Waals surface area contributed by atoms with Crippen LogP contribution in [0.25, 0.3) is 0 Å². The number of rotatable bonds is 7. The Balaban J connectivity index is 2.27. The maximum atomic E-state index is 11.8. The molecule has 1 amide bonds. The largest absolute Gasteiger partial charge is 0.468 e. The van der Waals surface area contributed by atoms with Crippen LogP contribution in [-0.2, 0) is 14.3 Å². The molecule has 0 unspecified atom stereocenters. The minimum atomic E-state index is -0.241. The Morgan fingerprint density at radius 1 is 1.40 bits per heavy atom. The average molecular weight is 296 g/mol. The van der Waals surface area contributed by atoms with E-state index in [-0.39, 0.29) is 11.9 Å². The van der Waals surface area contributed by atoms with Crippen LogP contribution in [0.4, 0.5) is 11.4 Å². The number of esters is 1. The van der Waals surface area contributed by atoms with E-state index in [1.807, 2.05) is 19.1 Å². The number of anilines is 2. The Hall–Kier alpha value is -1.69. The highest BCUT2D eigenvalue weighted by Gasteiger charge is 2.06. The van der Waals surface area contributed by atoms with Crippen LogP contribution in [-0.4, -0.2) is 30.5 Å². The normalized spacial score (nSPS) is 10.1. The average Bonchev–Trinajstić information content (AvgIpc) is 2.43. The van der Waals surface area contributed by atoms with E-state index in [1.165, 1.54) is 18.9 Å². The zero-order chi connectivity index (χ0) is 15.0. The number of nitrogens with two attached hydrogens (primary N) is 1. The first-order chi connectivity index (χ1) is 9.54. The molecule has 0 aromatic heterocycles. The molecule has 0 aliphatic carbocycles. The Labute approximate surface area is 123 Å². The van der Waals surface area contributed by atoms with Gasteiger partial charge < -0.3 is 15.8 Å². The molecule has 0 spiro atoms. The summed E-state index contributed by atoms with van der Waals surface area (Å²) >= 11 is 1.47. The molecule has 0 aliphatic rings. The van der Waals surface area contributed by atoms with Crippen molar-refractivity contribution >= 4 is 35.0 Å². The van der Waals surface area contributed by atoms with Crippen molar-refractivity contribution in [3.05, 3.63) is 23.8 Å². The first-order valence-corrected chi connectivity index (χ1v) is 7.49. The summed E-state index contributed by atoms with van der Waals surface area (Å²) in [5.41, 5.74) is 8.07. The zero-order valence-corrected chi connectivity index (χ0v) is 12.6. The molecule has 5 nitrogen and oxygen atoms in total. The van der Waals surface area contributed by atoms with Crippen LogP contribution in [0.2, 0.25) is 0 Å². The van der Waals surface area contributed by atoms with Crippen molar-refractivity contribution < 1.29 is 14.3 Å². The predicted octanol–water partition coefficient (Wildman–Crippen LogP) is 2.20. The number of nitrogens with one attached hydrogen (secondary N) is 1. The van der Waals surface area contributed by atoms with Crippen molar-refractivity contribution in [2.24, 2.45) is 0 Å². The standard InChI is InChI=1S/C14H20N2O3S/c1-10-11(15)5-3-6-12(10)16-13(17)7-4-8-20-9-14(18)19-2/h3,5-6H,4,7-9,15H2,1-2H3,(H,16,17). The third-order valence-electron chi connectivity index (χ3n) is 2.79. The topological polar surface area (TPSA) is 81.4 Å². The van der Waals surface area contributed by atoms with Gasteiger partial charge in [-0.3, -0.25) is 9.59 Å². The van der Waals surface area contributed by atoms with Gasteiger partial charge >= 0.3 is 5.97 Å². The predicted molar refractivity (Wildman–Crippen MR) is 82.8 cm³/mol. The maximum Gasteiger partial charge on any atom is 0.315 e. The molecule has 0 atom stereocenters. The van der Waals surface area contributed by atoms with Crippen molar-refractivity contribution in [3.8, 4) is 0 Å². The van der Waals surface area contributed by atoms with Gasteiger partial charge in [-0.15, -0.1) is 0 Å². The molecule has 1 aromatic carbocycles. The van der Waals surface area contributed by atoms with E-state index in [2.05, 4.69) is 10.1 Å². The lowest BCUT2D eigenvalue weighted by molar-refractivity contribution is -0.137. The fourth-order valence-electron chi connectivity index (χ4n) is 1.55. The van der Waals surface area contributed by atoms with Gasteiger partial charge in [0.15, 0.2) is 0 Å². The number of carbonyl (C=O) groups is 2. The molecule has 1 rings (SSSR count). The number of hydrogen-bond acceptors (Lipinski definition) is 5. The van der Waals surface area contributed by atoms with E-state index in [9.17, 15) is 9.59 Å². The molecule has 20 heavy (non-hydrogen) atoms. The second-order valence-corrected chi connectivity index (χ2v) is 5.41. The quantitative estimate of drug-likeness (QED) is 0.458. The van der Waals surface area contributed by atoms with Crippen molar-refractivity contribution in [3.63, 3.8) is 0 Å². The van der Waals surface area contributed by atoms with E-state index >= 15 is 0 Å². The molecular weight excluding hydrogens is 276 g/mol. The SMILES string of the molecule is COC(=O)CSCCCC(=O)Nc1cccc(N)c1C. The highest BCUT2D eigenvalue weighted by atomic mass is 32.2. The van der Waals surface area contributed by atoms with Gasteiger partial charge in [-0.1, -0.05) is 6.07 Å². The molecule has 6 heteroatoms. The number of amides is 1. The van der Waals surface area contributed by atoms with Crippen LogP contribution < -0.4 is 11.1 Å². The molecule has 0 aliphatic heterocycles. The van der Waals surface area contributed by atoms with Crippen LogP contribution in [0, 0.1) is 6.92 Å². The van der Waals surface area contributed by atoms with Crippen LogP contribution in [0.5, 0.6) is 0 Å².